The molecule has 3 aromatic heterocycles. The SMILES string of the molecule is CC(=O)N[C@H]1CC(=O)NCCOc2ccc(cc2)C[C@@H](C(N)=O)NC(=O)[C@]2(C)CCCN2C(=O)[C@H](Cc2ccc(O)cc2)NC(=O)[C@H](Cc2c[nH]cn2)NC(=O)[C@H](CC(=O)O)NC(=O)[C@H](Cc2c[nH]c3ccc(F)cc23)NC(=O)[C@H](Cc2c[nH]c3ccc(F)cc23)NC(=O)CNC(=O)[C@H](C)NC1=O. The van der Waals surface area contributed by atoms with Gasteiger partial charge in [-0.3, -0.25) is 62.3 Å². The summed E-state index contributed by atoms with van der Waals surface area (Å²) in [6, 6.07) is 6.10. The highest BCUT2D eigenvalue weighted by molar-refractivity contribution is 6.01. The minimum Gasteiger partial charge on any atom is -0.508 e. The van der Waals surface area contributed by atoms with Gasteiger partial charge in [-0.2, -0.15) is 0 Å². The Kier molecular flexibility index (Phi) is 24.5. The zero-order chi connectivity index (χ0) is 74.2. The normalized spacial score (nSPS) is 23.1. The molecule has 9 atom stereocenters. The number of amides is 12. The molecule has 103 heavy (non-hydrogen) atoms. The predicted octanol–water partition coefficient (Wildman–Crippen LogP) is -0.856. The molecule has 34 heteroatoms. The largest absolute Gasteiger partial charge is 0.508 e. The molecule has 544 valence electrons. The van der Waals surface area contributed by atoms with E-state index < -0.39 is 181 Å². The van der Waals surface area contributed by atoms with Crippen molar-refractivity contribution in [1.29, 1.82) is 0 Å². The van der Waals surface area contributed by atoms with E-state index in [9.17, 15) is 66.9 Å². The Balaban J connectivity index is 1.06. The number of phenols is 1. The number of carbonyl (C=O) groups excluding carboxylic acids is 12. The number of benzene rings is 4. The molecule has 0 saturated carbocycles. The molecule has 0 aliphatic carbocycles. The van der Waals surface area contributed by atoms with E-state index in [4.69, 9.17) is 10.5 Å². The lowest BCUT2D eigenvalue weighted by Crippen LogP contribution is -2.63. The summed E-state index contributed by atoms with van der Waals surface area (Å²) >= 11 is 0. The number of rotatable bonds is 12. The Morgan fingerprint density at radius 3 is 1.83 bits per heavy atom. The number of aromatic amines is 3. The van der Waals surface area contributed by atoms with Crippen LogP contribution in [0.4, 0.5) is 8.78 Å². The first-order chi connectivity index (χ1) is 49.1. The van der Waals surface area contributed by atoms with Gasteiger partial charge in [0.2, 0.25) is 70.9 Å². The van der Waals surface area contributed by atoms with Crippen molar-refractivity contribution in [2.75, 3.05) is 26.2 Å². The highest BCUT2D eigenvalue weighted by Crippen LogP contribution is 2.32. The van der Waals surface area contributed by atoms with E-state index in [1.807, 2.05) is 0 Å². The van der Waals surface area contributed by atoms with E-state index in [2.05, 4.69) is 73.1 Å². The van der Waals surface area contributed by atoms with Crippen LogP contribution in [0.1, 0.15) is 74.4 Å². The van der Waals surface area contributed by atoms with E-state index in [1.165, 1.54) is 86.1 Å². The second-order valence-corrected chi connectivity index (χ2v) is 25.3. The zero-order valence-corrected chi connectivity index (χ0v) is 56.0. The third-order valence-electron chi connectivity index (χ3n) is 17.6. The molecule has 1 saturated heterocycles. The summed E-state index contributed by atoms with van der Waals surface area (Å²) < 4.78 is 35.6. The third kappa shape index (κ3) is 20.0. The van der Waals surface area contributed by atoms with Gasteiger partial charge in [0, 0.05) is 86.0 Å². The smallest absolute Gasteiger partial charge is 0.305 e. The maximum atomic E-state index is 15.2. The van der Waals surface area contributed by atoms with Crippen molar-refractivity contribution in [3.8, 4) is 11.5 Å². The molecule has 32 nitrogen and oxygen atoms in total. The van der Waals surface area contributed by atoms with Crippen molar-refractivity contribution in [2.24, 2.45) is 5.73 Å². The van der Waals surface area contributed by atoms with Gasteiger partial charge in [0.25, 0.3) is 0 Å². The van der Waals surface area contributed by atoms with Crippen LogP contribution in [0.25, 0.3) is 21.8 Å². The maximum absolute atomic E-state index is 15.2. The molecule has 4 aromatic carbocycles. The molecule has 3 aliphatic heterocycles. The summed E-state index contributed by atoms with van der Waals surface area (Å²) in [4.78, 5) is 196. The summed E-state index contributed by atoms with van der Waals surface area (Å²) in [5, 5.41) is 46.0. The fourth-order valence-electron chi connectivity index (χ4n) is 12.1. The van der Waals surface area contributed by atoms with Gasteiger partial charge in [-0.05, 0) is 110 Å². The van der Waals surface area contributed by atoms with E-state index >= 15 is 14.4 Å². The van der Waals surface area contributed by atoms with Gasteiger partial charge < -0.3 is 93.7 Å². The Bertz CT molecular complexity index is 4340. The van der Waals surface area contributed by atoms with Crippen molar-refractivity contribution >= 4 is 98.7 Å². The average molecular weight is 1430 g/mol. The molecule has 17 N–H and O–H groups in total. The van der Waals surface area contributed by atoms with Crippen molar-refractivity contribution in [3.63, 3.8) is 0 Å². The highest BCUT2D eigenvalue weighted by atomic mass is 19.1. The lowest BCUT2D eigenvalue weighted by atomic mass is 9.94. The van der Waals surface area contributed by atoms with Crippen LogP contribution >= 0.6 is 0 Å². The molecule has 3 aliphatic rings. The van der Waals surface area contributed by atoms with E-state index in [1.54, 1.807) is 24.3 Å². The number of aromatic hydroxyl groups is 1. The summed E-state index contributed by atoms with van der Waals surface area (Å²) in [5.41, 5.74) is 6.49. The number of phenolic OH excluding ortho intramolecular Hbond substituents is 1. The number of primary amides is 1. The first-order valence-corrected chi connectivity index (χ1v) is 32.8. The average Bonchev–Trinajstić information content (AvgIpc) is 1.68. The monoisotopic (exact) mass is 1420 g/mol. The van der Waals surface area contributed by atoms with Crippen LogP contribution in [0.2, 0.25) is 0 Å². The second-order valence-electron chi connectivity index (χ2n) is 25.3. The topological polar surface area (TPSA) is 481 Å². The standard InChI is InChI=1S/C69H78F2N16O16/c1-35-61(95)77-33-58(91)81-51(23-39-30-75-48-15-9-41(70)25-46(39)48)63(97)82-52(24-40-31-76-49-16-10-42(71)26-47(40)49)64(98)84-55(29-59(92)93)66(100)83-53(27-43-32-73-34-78-43)65(99)85-56(22-37-5-11-44(89)12-6-37)67(101)87-19-4-17-69(87,3)68(102)86-50(60(72)94)21-38-7-13-45(14-8-38)103-20-18-74-57(90)28-54(62(96)79-35)80-36(2)88/h5-16,25-26,30-32,34-35,50-56,75-76,89H,4,17-24,27-29,33H2,1-3H3,(H2,72,94)(H,73,78)(H,74,90)(H,77,95)(H,79,96)(H,80,88)(H,81,91)(H,82,97)(H,83,100)(H,84,98)(H,85,99)(H,86,102)(H,92,93)/t35-,50-,51-,52-,53-,54-,55-,56-,69-/m0/s1. The zero-order valence-electron chi connectivity index (χ0n) is 56.0. The second kappa shape index (κ2) is 33.7. The van der Waals surface area contributed by atoms with Gasteiger partial charge in [0.1, 0.15) is 83.6 Å². The van der Waals surface area contributed by atoms with Gasteiger partial charge in [0.05, 0.1) is 38.0 Å². The number of H-pyrrole nitrogens is 3. The number of nitrogens with two attached hydrogens (primary N) is 1. The number of fused-ring (bicyclic) bond motifs is 35. The van der Waals surface area contributed by atoms with Gasteiger partial charge in [-0.25, -0.2) is 13.8 Å². The number of aliphatic carboxylic acids is 1. The minimum atomic E-state index is -2.09. The van der Waals surface area contributed by atoms with Crippen molar-refractivity contribution in [3.05, 3.63) is 149 Å². The number of halogens is 2. The number of ether oxygens (including phenoxy) is 1. The summed E-state index contributed by atoms with van der Waals surface area (Å²) in [5.74, 6) is -14.5. The number of carbonyl (C=O) groups is 13. The molecule has 0 unspecified atom stereocenters. The Morgan fingerprint density at radius 1 is 0.660 bits per heavy atom. The number of hydrogen-bond acceptors (Lipinski definition) is 16. The van der Waals surface area contributed by atoms with Crippen molar-refractivity contribution < 1.29 is 86.1 Å². The fraction of sp³-hybridized carbons (Fsp3) is 0.362. The van der Waals surface area contributed by atoms with Gasteiger partial charge in [-0.15, -0.1) is 0 Å². The Labute approximate surface area is 585 Å². The van der Waals surface area contributed by atoms with Gasteiger partial charge in [-0.1, -0.05) is 24.3 Å². The number of carboxylic acid groups (broad SMARTS) is 1. The third-order valence-corrected chi connectivity index (χ3v) is 17.6. The highest BCUT2D eigenvalue weighted by Gasteiger charge is 2.49. The molecule has 1 fully saturated rings. The number of nitrogens with one attached hydrogen (secondary N) is 13. The van der Waals surface area contributed by atoms with Crippen molar-refractivity contribution in [1.82, 2.24) is 78.0 Å². The van der Waals surface area contributed by atoms with Gasteiger partial charge >= 0.3 is 5.97 Å². The predicted molar refractivity (Wildman–Crippen MR) is 362 cm³/mol. The van der Waals surface area contributed by atoms with Crippen LogP contribution in [-0.4, -0.2) is 192 Å². The van der Waals surface area contributed by atoms with Crippen LogP contribution in [0.15, 0.2) is 110 Å². The minimum absolute atomic E-state index is 0.0337. The van der Waals surface area contributed by atoms with E-state index in [0.717, 1.165) is 25.1 Å². The van der Waals surface area contributed by atoms with Crippen LogP contribution in [0, 0.1) is 11.6 Å². The fourth-order valence-corrected chi connectivity index (χ4v) is 12.1. The summed E-state index contributed by atoms with van der Waals surface area (Å²) in [7, 11) is 0. The molecule has 6 heterocycles. The number of hydrogen-bond donors (Lipinski definition) is 16. The number of nitrogens with zero attached hydrogens (tertiary/aromatic N) is 2. The quantitative estimate of drug-likeness (QED) is 0.0662. The molecule has 10 rings (SSSR count). The number of imidazole rings is 1. The Morgan fingerprint density at radius 2 is 1.24 bits per heavy atom. The van der Waals surface area contributed by atoms with Gasteiger partial charge in [0.15, 0.2) is 0 Å². The molecule has 2 bridgehead atoms. The molecular weight excluding hydrogens is 1350 g/mol. The van der Waals surface area contributed by atoms with Crippen LogP contribution in [0.3, 0.4) is 0 Å². The first kappa shape index (κ1) is 75.0. The first-order valence-electron chi connectivity index (χ1n) is 32.8. The molecule has 12 amide bonds. The lowest BCUT2D eigenvalue weighted by Gasteiger charge is -2.37. The van der Waals surface area contributed by atoms with E-state index in [-0.39, 0.29) is 78.7 Å². The Hall–Kier alpha value is -12.3. The maximum Gasteiger partial charge on any atom is 0.305 e. The summed E-state index contributed by atoms with van der Waals surface area (Å²) in [6.45, 7) is 2.70. The number of carboxylic acids is 1. The van der Waals surface area contributed by atoms with Crippen LogP contribution < -0.4 is 63.6 Å². The molecule has 7 aromatic rings. The van der Waals surface area contributed by atoms with Crippen molar-refractivity contribution in [2.45, 2.75) is 132 Å². The lowest BCUT2D eigenvalue weighted by molar-refractivity contribution is -0.147. The molecular formula is C69H78F2N16O16. The van der Waals surface area contributed by atoms with E-state index in [0.29, 0.717) is 27.9 Å². The van der Waals surface area contributed by atoms with Crippen LogP contribution in [0.5, 0.6) is 11.5 Å². The summed E-state index contributed by atoms with van der Waals surface area (Å²) in [6.07, 6.45) is 2.21. The molecule has 0 radical (unpaired) electrons. The molecule has 0 spiro atoms. The van der Waals surface area contributed by atoms with Crippen LogP contribution in [-0.2, 0) is 94.4 Å². The number of aromatic nitrogens is 4.